The summed E-state index contributed by atoms with van der Waals surface area (Å²) in [5.74, 6) is -0.0699. The van der Waals surface area contributed by atoms with Gasteiger partial charge in [0.05, 0.1) is 11.7 Å². The van der Waals surface area contributed by atoms with Crippen LogP contribution >= 0.6 is 24.8 Å². The molecule has 1 aromatic carbocycles. The van der Waals surface area contributed by atoms with Gasteiger partial charge in [0, 0.05) is 18.7 Å². The zero-order valence-corrected chi connectivity index (χ0v) is 13.9. The molecule has 0 fully saturated rings. The standard InChI is InChI=1S/C16H19N3O.2ClH/c1-12(17)11-15(20)19-16(13-7-3-2-4-8-13)14-9-5-6-10-18-14;;/h2-10,12,16H,11,17H2,1H3,(H,19,20);2*1H. The van der Waals surface area contributed by atoms with Crippen molar-refractivity contribution in [3.05, 3.63) is 66.0 Å². The Hall–Kier alpha value is -1.62. The molecule has 1 amide bonds. The van der Waals surface area contributed by atoms with Crippen LogP contribution in [-0.2, 0) is 4.79 Å². The molecular formula is C16H21Cl2N3O. The van der Waals surface area contributed by atoms with E-state index in [1.807, 2.05) is 55.5 Å². The molecule has 0 spiro atoms. The molecule has 2 atom stereocenters. The predicted octanol–water partition coefficient (Wildman–Crippen LogP) is 2.87. The second-order valence-electron chi connectivity index (χ2n) is 4.85. The van der Waals surface area contributed by atoms with Gasteiger partial charge in [-0.25, -0.2) is 0 Å². The highest BCUT2D eigenvalue weighted by atomic mass is 35.5. The monoisotopic (exact) mass is 341 g/mol. The Bertz CT molecular complexity index is 510. The summed E-state index contributed by atoms with van der Waals surface area (Å²) >= 11 is 0. The van der Waals surface area contributed by atoms with E-state index in [2.05, 4.69) is 10.3 Å². The Morgan fingerprint density at radius 3 is 2.32 bits per heavy atom. The maximum Gasteiger partial charge on any atom is 0.222 e. The second kappa shape index (κ2) is 10.2. The maximum absolute atomic E-state index is 12.0. The van der Waals surface area contributed by atoms with E-state index in [1.54, 1.807) is 6.20 Å². The number of hydrogen-bond acceptors (Lipinski definition) is 3. The zero-order valence-electron chi connectivity index (χ0n) is 12.3. The Morgan fingerprint density at radius 1 is 1.14 bits per heavy atom. The summed E-state index contributed by atoms with van der Waals surface area (Å²) in [5.41, 5.74) is 7.49. The molecule has 0 saturated carbocycles. The number of nitrogens with zero attached hydrogens (tertiary/aromatic N) is 1. The fourth-order valence-corrected chi connectivity index (χ4v) is 2.03. The Balaban J connectivity index is 0.00000220. The lowest BCUT2D eigenvalue weighted by molar-refractivity contribution is -0.121. The van der Waals surface area contributed by atoms with Crippen molar-refractivity contribution in [1.82, 2.24) is 10.3 Å². The van der Waals surface area contributed by atoms with E-state index >= 15 is 0 Å². The van der Waals surface area contributed by atoms with Crippen LogP contribution in [0.2, 0.25) is 0 Å². The van der Waals surface area contributed by atoms with Crippen LogP contribution in [-0.4, -0.2) is 16.9 Å². The van der Waals surface area contributed by atoms with E-state index in [0.29, 0.717) is 6.42 Å². The summed E-state index contributed by atoms with van der Waals surface area (Å²) in [6.45, 7) is 1.82. The minimum absolute atomic E-state index is 0. The summed E-state index contributed by atoms with van der Waals surface area (Å²) in [7, 11) is 0. The zero-order chi connectivity index (χ0) is 14.4. The number of amides is 1. The van der Waals surface area contributed by atoms with Gasteiger partial charge in [0.1, 0.15) is 0 Å². The van der Waals surface area contributed by atoms with Crippen molar-refractivity contribution >= 4 is 30.7 Å². The smallest absolute Gasteiger partial charge is 0.222 e. The number of benzene rings is 1. The molecular weight excluding hydrogens is 321 g/mol. The summed E-state index contributed by atoms with van der Waals surface area (Å²) < 4.78 is 0. The number of carbonyl (C=O) groups is 1. The summed E-state index contributed by atoms with van der Waals surface area (Å²) in [6, 6.07) is 15.1. The largest absolute Gasteiger partial charge is 0.344 e. The van der Waals surface area contributed by atoms with Gasteiger partial charge in [-0.05, 0) is 24.6 Å². The van der Waals surface area contributed by atoms with Crippen LogP contribution in [0.3, 0.4) is 0 Å². The minimum Gasteiger partial charge on any atom is -0.344 e. The number of carbonyl (C=O) groups excluding carboxylic acids is 1. The highest BCUT2D eigenvalue weighted by Gasteiger charge is 2.18. The first kappa shape index (κ1) is 20.4. The average Bonchev–Trinajstić information content (AvgIpc) is 2.46. The fourth-order valence-electron chi connectivity index (χ4n) is 2.03. The van der Waals surface area contributed by atoms with E-state index in [4.69, 9.17) is 5.73 Å². The van der Waals surface area contributed by atoms with E-state index in [9.17, 15) is 4.79 Å². The molecule has 0 aliphatic carbocycles. The van der Waals surface area contributed by atoms with Crippen molar-refractivity contribution in [3.63, 3.8) is 0 Å². The highest BCUT2D eigenvalue weighted by molar-refractivity contribution is 5.85. The lowest BCUT2D eigenvalue weighted by Crippen LogP contribution is -2.33. The van der Waals surface area contributed by atoms with E-state index in [-0.39, 0.29) is 42.8 Å². The SMILES string of the molecule is CC(N)CC(=O)NC(c1ccccc1)c1ccccn1.Cl.Cl. The second-order valence-corrected chi connectivity index (χ2v) is 4.85. The predicted molar refractivity (Wildman–Crippen MR) is 93.4 cm³/mol. The van der Waals surface area contributed by atoms with Gasteiger partial charge in [-0.1, -0.05) is 36.4 Å². The third-order valence-electron chi connectivity index (χ3n) is 2.93. The molecule has 120 valence electrons. The molecule has 0 radical (unpaired) electrons. The van der Waals surface area contributed by atoms with Gasteiger partial charge in [-0.15, -0.1) is 24.8 Å². The number of rotatable bonds is 5. The first-order valence-corrected chi connectivity index (χ1v) is 6.67. The van der Waals surface area contributed by atoms with Crippen LogP contribution in [0.1, 0.15) is 30.6 Å². The van der Waals surface area contributed by atoms with Crippen LogP contribution in [0.4, 0.5) is 0 Å². The van der Waals surface area contributed by atoms with Crippen molar-refractivity contribution in [3.8, 4) is 0 Å². The van der Waals surface area contributed by atoms with Crippen molar-refractivity contribution in [2.45, 2.75) is 25.4 Å². The van der Waals surface area contributed by atoms with E-state index in [0.717, 1.165) is 11.3 Å². The topological polar surface area (TPSA) is 68.0 Å². The Labute approximate surface area is 143 Å². The molecule has 1 heterocycles. The van der Waals surface area contributed by atoms with Crippen molar-refractivity contribution in [2.24, 2.45) is 5.73 Å². The van der Waals surface area contributed by atoms with Gasteiger partial charge in [0.15, 0.2) is 0 Å². The van der Waals surface area contributed by atoms with Crippen molar-refractivity contribution < 1.29 is 4.79 Å². The van der Waals surface area contributed by atoms with Crippen molar-refractivity contribution in [1.29, 1.82) is 0 Å². The van der Waals surface area contributed by atoms with E-state index < -0.39 is 0 Å². The quantitative estimate of drug-likeness (QED) is 0.878. The summed E-state index contributed by atoms with van der Waals surface area (Å²) in [6.07, 6.45) is 2.03. The number of hydrogen-bond donors (Lipinski definition) is 2. The first-order valence-electron chi connectivity index (χ1n) is 6.67. The van der Waals surface area contributed by atoms with Gasteiger partial charge in [-0.3, -0.25) is 9.78 Å². The first-order chi connectivity index (χ1) is 9.66. The van der Waals surface area contributed by atoms with Gasteiger partial charge in [0.2, 0.25) is 5.91 Å². The molecule has 6 heteroatoms. The van der Waals surface area contributed by atoms with Crippen LogP contribution < -0.4 is 11.1 Å². The third-order valence-corrected chi connectivity index (χ3v) is 2.93. The normalized spacial score (nSPS) is 12.3. The van der Waals surface area contributed by atoms with Crippen LogP contribution in [0, 0.1) is 0 Å². The molecule has 2 aromatic rings. The van der Waals surface area contributed by atoms with E-state index in [1.165, 1.54) is 0 Å². The molecule has 2 rings (SSSR count). The molecule has 0 bridgehead atoms. The van der Waals surface area contributed by atoms with Crippen LogP contribution in [0.5, 0.6) is 0 Å². The van der Waals surface area contributed by atoms with Crippen molar-refractivity contribution in [2.75, 3.05) is 0 Å². The van der Waals surface area contributed by atoms with Crippen LogP contribution in [0.15, 0.2) is 54.7 Å². The lowest BCUT2D eigenvalue weighted by Gasteiger charge is -2.19. The molecule has 0 aliphatic rings. The Kier molecular flexibility index (Phi) is 9.42. The lowest BCUT2D eigenvalue weighted by atomic mass is 10.0. The number of nitrogens with one attached hydrogen (secondary N) is 1. The van der Waals surface area contributed by atoms with Gasteiger partial charge in [-0.2, -0.15) is 0 Å². The minimum atomic E-state index is -0.247. The summed E-state index contributed by atoms with van der Waals surface area (Å²) in [4.78, 5) is 16.3. The molecule has 2 unspecified atom stereocenters. The number of halogens is 2. The molecule has 1 aromatic heterocycles. The molecule has 0 saturated heterocycles. The average molecular weight is 342 g/mol. The fraction of sp³-hybridized carbons (Fsp3) is 0.250. The number of pyridine rings is 1. The number of nitrogens with two attached hydrogens (primary N) is 1. The van der Waals surface area contributed by atoms with Crippen LogP contribution in [0.25, 0.3) is 0 Å². The molecule has 4 nitrogen and oxygen atoms in total. The van der Waals surface area contributed by atoms with Gasteiger partial charge < -0.3 is 11.1 Å². The van der Waals surface area contributed by atoms with Gasteiger partial charge >= 0.3 is 0 Å². The molecule has 3 N–H and O–H groups in total. The Morgan fingerprint density at radius 2 is 1.77 bits per heavy atom. The van der Waals surface area contributed by atoms with Gasteiger partial charge in [0.25, 0.3) is 0 Å². The highest BCUT2D eigenvalue weighted by Crippen LogP contribution is 2.20. The molecule has 22 heavy (non-hydrogen) atoms. The maximum atomic E-state index is 12.0. The number of aromatic nitrogens is 1. The molecule has 0 aliphatic heterocycles. The summed E-state index contributed by atoms with van der Waals surface area (Å²) in [5, 5.41) is 3.00. The third kappa shape index (κ3) is 6.02.